The van der Waals surface area contributed by atoms with Crippen LogP contribution in [0.5, 0.6) is 0 Å². The zero-order valence-corrected chi connectivity index (χ0v) is 11.3. The molecule has 0 aliphatic heterocycles. The molecule has 5 heteroatoms. The molecule has 0 amide bonds. The largest absolute Gasteiger partial charge is 0.311 e. The van der Waals surface area contributed by atoms with E-state index in [1.54, 1.807) is 0 Å². The van der Waals surface area contributed by atoms with Gasteiger partial charge in [0.2, 0.25) is 0 Å². The highest BCUT2D eigenvalue weighted by Gasteiger charge is 2.12. The van der Waals surface area contributed by atoms with E-state index in [1.807, 2.05) is 24.5 Å². The van der Waals surface area contributed by atoms with E-state index >= 15 is 0 Å². The summed E-state index contributed by atoms with van der Waals surface area (Å²) >= 11 is 3.37. The van der Waals surface area contributed by atoms with Gasteiger partial charge < -0.3 is 4.57 Å². The summed E-state index contributed by atoms with van der Waals surface area (Å²) in [6.07, 6.45) is 0. The van der Waals surface area contributed by atoms with Crippen LogP contribution in [-0.4, -0.2) is 14.8 Å². The van der Waals surface area contributed by atoms with Crippen molar-refractivity contribution in [2.75, 3.05) is 0 Å². The van der Waals surface area contributed by atoms with Crippen molar-refractivity contribution >= 4 is 15.9 Å². The minimum Gasteiger partial charge on any atom is -0.311 e. The number of rotatable bonds is 3. The molecule has 2 rings (SSSR count). The average molecular weight is 298 g/mol. The van der Waals surface area contributed by atoms with Gasteiger partial charge in [0.05, 0.1) is 5.33 Å². The van der Waals surface area contributed by atoms with E-state index in [0.29, 0.717) is 11.2 Å². The summed E-state index contributed by atoms with van der Waals surface area (Å²) in [5.41, 5.74) is 1.65. The average Bonchev–Trinajstić information content (AvgIpc) is 2.70. The number of hydrogen-bond donors (Lipinski definition) is 0. The van der Waals surface area contributed by atoms with Gasteiger partial charge in [0.15, 0.2) is 5.82 Å². The zero-order chi connectivity index (χ0) is 12.4. The Bertz CT molecular complexity index is 516. The molecule has 0 radical (unpaired) electrons. The van der Waals surface area contributed by atoms with Gasteiger partial charge in [0.1, 0.15) is 11.6 Å². The van der Waals surface area contributed by atoms with Crippen molar-refractivity contribution in [3.63, 3.8) is 0 Å². The summed E-state index contributed by atoms with van der Waals surface area (Å²) < 4.78 is 15.3. The molecule has 1 aromatic heterocycles. The second-order valence-corrected chi connectivity index (χ2v) is 4.40. The van der Waals surface area contributed by atoms with Gasteiger partial charge in [0, 0.05) is 12.1 Å². The molecular formula is C12H13BrFN3. The number of aromatic nitrogens is 3. The van der Waals surface area contributed by atoms with Gasteiger partial charge in [-0.15, -0.1) is 10.2 Å². The fourth-order valence-corrected chi connectivity index (χ4v) is 2.26. The Hall–Kier alpha value is -1.23. The smallest absolute Gasteiger partial charge is 0.164 e. The number of alkyl halides is 1. The number of aryl methyl sites for hydroxylation is 1. The van der Waals surface area contributed by atoms with Crippen LogP contribution >= 0.6 is 15.9 Å². The minimum absolute atomic E-state index is 0.244. The maximum Gasteiger partial charge on any atom is 0.164 e. The summed E-state index contributed by atoms with van der Waals surface area (Å²) in [4.78, 5) is 0. The molecular weight excluding hydrogens is 285 g/mol. The Kier molecular flexibility index (Phi) is 3.57. The van der Waals surface area contributed by atoms with Crippen LogP contribution in [0.25, 0.3) is 11.4 Å². The van der Waals surface area contributed by atoms with Crippen LogP contribution in [0.2, 0.25) is 0 Å². The fourth-order valence-electron chi connectivity index (χ4n) is 1.85. The summed E-state index contributed by atoms with van der Waals surface area (Å²) in [7, 11) is 0. The normalized spacial score (nSPS) is 10.8. The minimum atomic E-state index is -0.244. The van der Waals surface area contributed by atoms with E-state index in [1.165, 1.54) is 12.1 Å². The van der Waals surface area contributed by atoms with Gasteiger partial charge in [-0.05, 0) is 37.6 Å². The van der Waals surface area contributed by atoms with E-state index in [2.05, 4.69) is 26.1 Å². The summed E-state index contributed by atoms with van der Waals surface area (Å²) in [5.74, 6) is 1.32. The predicted octanol–water partition coefficient (Wildman–Crippen LogP) is 3.31. The number of nitrogens with zero attached hydrogens (tertiary/aromatic N) is 3. The van der Waals surface area contributed by atoms with Gasteiger partial charge >= 0.3 is 0 Å². The van der Waals surface area contributed by atoms with Crippen molar-refractivity contribution in [2.24, 2.45) is 0 Å². The zero-order valence-electron chi connectivity index (χ0n) is 9.74. The monoisotopic (exact) mass is 297 g/mol. The van der Waals surface area contributed by atoms with Gasteiger partial charge in [0.25, 0.3) is 0 Å². The summed E-state index contributed by atoms with van der Waals surface area (Å²) in [6.45, 7) is 4.65. The van der Waals surface area contributed by atoms with Crippen LogP contribution in [0.15, 0.2) is 18.2 Å². The molecule has 0 fully saturated rings. The molecule has 0 N–H and O–H groups in total. The van der Waals surface area contributed by atoms with Crippen LogP contribution in [0, 0.1) is 12.7 Å². The van der Waals surface area contributed by atoms with Crippen LogP contribution in [-0.2, 0) is 11.9 Å². The maximum absolute atomic E-state index is 13.4. The van der Waals surface area contributed by atoms with Crippen molar-refractivity contribution in [1.82, 2.24) is 14.8 Å². The van der Waals surface area contributed by atoms with E-state index in [9.17, 15) is 4.39 Å². The topological polar surface area (TPSA) is 30.7 Å². The first-order chi connectivity index (χ1) is 8.15. The Balaban J connectivity index is 2.55. The predicted molar refractivity (Wildman–Crippen MR) is 68.5 cm³/mol. The molecule has 0 saturated heterocycles. The highest BCUT2D eigenvalue weighted by atomic mass is 79.9. The molecule has 2 aromatic rings. The molecule has 1 aromatic carbocycles. The van der Waals surface area contributed by atoms with E-state index in [-0.39, 0.29) is 5.82 Å². The SMILES string of the molecule is CCn1c(CBr)nnc1-c1cc(C)cc(F)c1. The van der Waals surface area contributed by atoms with Crippen LogP contribution in [0.1, 0.15) is 18.3 Å². The van der Waals surface area contributed by atoms with Crippen molar-refractivity contribution in [3.8, 4) is 11.4 Å². The third kappa shape index (κ3) is 2.39. The molecule has 0 aliphatic rings. The number of halogens is 2. The second-order valence-electron chi connectivity index (χ2n) is 3.83. The van der Waals surface area contributed by atoms with Crippen molar-refractivity contribution < 1.29 is 4.39 Å². The van der Waals surface area contributed by atoms with Crippen molar-refractivity contribution in [1.29, 1.82) is 0 Å². The molecule has 3 nitrogen and oxygen atoms in total. The third-order valence-corrected chi connectivity index (χ3v) is 3.07. The lowest BCUT2D eigenvalue weighted by atomic mass is 10.1. The van der Waals surface area contributed by atoms with Crippen LogP contribution in [0.3, 0.4) is 0 Å². The fraction of sp³-hybridized carbons (Fsp3) is 0.333. The van der Waals surface area contributed by atoms with Crippen LogP contribution in [0.4, 0.5) is 4.39 Å². The molecule has 90 valence electrons. The van der Waals surface area contributed by atoms with Gasteiger partial charge in [-0.1, -0.05) is 15.9 Å². The molecule has 0 saturated carbocycles. The van der Waals surface area contributed by atoms with Crippen molar-refractivity contribution in [3.05, 3.63) is 35.4 Å². The Morgan fingerprint density at radius 2 is 2.06 bits per heavy atom. The van der Waals surface area contributed by atoms with Gasteiger partial charge in [-0.25, -0.2) is 4.39 Å². The Morgan fingerprint density at radius 1 is 1.29 bits per heavy atom. The van der Waals surface area contributed by atoms with Gasteiger partial charge in [-0.3, -0.25) is 0 Å². The summed E-state index contributed by atoms with van der Waals surface area (Å²) in [5, 5.41) is 8.85. The molecule has 17 heavy (non-hydrogen) atoms. The first-order valence-electron chi connectivity index (χ1n) is 5.41. The molecule has 0 bridgehead atoms. The molecule has 0 spiro atoms. The number of hydrogen-bond acceptors (Lipinski definition) is 2. The van der Waals surface area contributed by atoms with Crippen LogP contribution < -0.4 is 0 Å². The maximum atomic E-state index is 13.4. The molecule has 1 heterocycles. The lowest BCUT2D eigenvalue weighted by Crippen LogP contribution is -2.02. The quantitative estimate of drug-likeness (QED) is 0.814. The Labute approximate surface area is 108 Å². The first-order valence-corrected chi connectivity index (χ1v) is 6.53. The van der Waals surface area contributed by atoms with E-state index in [4.69, 9.17) is 0 Å². The highest BCUT2D eigenvalue weighted by Crippen LogP contribution is 2.21. The third-order valence-electron chi connectivity index (χ3n) is 2.56. The standard InChI is InChI=1S/C12H13BrFN3/c1-3-17-11(7-13)15-16-12(17)9-4-8(2)5-10(14)6-9/h4-6H,3,7H2,1-2H3. The summed E-state index contributed by atoms with van der Waals surface area (Å²) in [6, 6.07) is 4.90. The lowest BCUT2D eigenvalue weighted by Gasteiger charge is -2.07. The van der Waals surface area contributed by atoms with E-state index in [0.717, 1.165) is 23.5 Å². The van der Waals surface area contributed by atoms with Gasteiger partial charge in [-0.2, -0.15) is 0 Å². The molecule has 0 unspecified atom stereocenters. The second kappa shape index (κ2) is 4.96. The highest BCUT2D eigenvalue weighted by molar-refractivity contribution is 9.08. The Morgan fingerprint density at radius 3 is 2.65 bits per heavy atom. The first kappa shape index (κ1) is 12.2. The molecule has 0 atom stereocenters. The number of benzene rings is 1. The molecule has 0 aliphatic carbocycles. The van der Waals surface area contributed by atoms with E-state index < -0.39 is 0 Å². The van der Waals surface area contributed by atoms with Crippen molar-refractivity contribution in [2.45, 2.75) is 25.7 Å². The lowest BCUT2D eigenvalue weighted by molar-refractivity contribution is 0.626.